The number of fused-ring (bicyclic) bond motifs is 2. The summed E-state index contributed by atoms with van der Waals surface area (Å²) in [5.41, 5.74) is 4.39. The van der Waals surface area contributed by atoms with Crippen LogP contribution in [0.2, 0.25) is 0 Å². The van der Waals surface area contributed by atoms with Gasteiger partial charge in [0.1, 0.15) is 18.0 Å². The van der Waals surface area contributed by atoms with Gasteiger partial charge >= 0.3 is 0 Å². The summed E-state index contributed by atoms with van der Waals surface area (Å²) in [6.07, 6.45) is 5.47. The molecule has 5 rings (SSSR count). The Labute approximate surface area is 223 Å². The number of carbonyl (C=O) groups is 2. The standard InChI is InChI=1S/C27H36N8O3/c1-33-9-4-3-5-23(36)34(2)10-8-28-25-24-21(27(37)32-26(24)31-18-30-25)16-29-20-6-7-22(19(15-20)17-33)35-11-13-38-14-12-35/h6-7,15-16,18,29H,3-5,8-14,17H2,1-2H3,(H2,28,30,31,32,37)/b21-16-. The van der Waals surface area contributed by atoms with E-state index in [1.165, 1.54) is 17.6 Å². The summed E-state index contributed by atoms with van der Waals surface area (Å²) in [5.74, 6) is 0.925. The van der Waals surface area contributed by atoms with Crippen molar-refractivity contribution in [3.8, 4) is 0 Å². The van der Waals surface area contributed by atoms with Gasteiger partial charge in [-0.3, -0.25) is 9.59 Å². The summed E-state index contributed by atoms with van der Waals surface area (Å²) < 4.78 is 5.57. The van der Waals surface area contributed by atoms with E-state index >= 15 is 0 Å². The minimum absolute atomic E-state index is 0.129. The first-order valence-electron chi connectivity index (χ1n) is 13.2. The van der Waals surface area contributed by atoms with Crippen LogP contribution in [0.15, 0.2) is 30.7 Å². The highest BCUT2D eigenvalue weighted by Gasteiger charge is 2.29. The topological polar surface area (TPSA) is 115 Å². The van der Waals surface area contributed by atoms with E-state index < -0.39 is 0 Å². The first kappa shape index (κ1) is 25.9. The molecule has 2 aromatic rings. The van der Waals surface area contributed by atoms with Gasteiger partial charge in [0.05, 0.1) is 24.4 Å². The van der Waals surface area contributed by atoms with Gasteiger partial charge < -0.3 is 35.4 Å². The Morgan fingerprint density at radius 1 is 0.974 bits per heavy atom. The molecule has 1 aromatic carbocycles. The second-order valence-electron chi connectivity index (χ2n) is 9.98. The molecule has 0 aliphatic carbocycles. The van der Waals surface area contributed by atoms with Gasteiger partial charge in [0.2, 0.25) is 5.91 Å². The van der Waals surface area contributed by atoms with E-state index in [1.54, 1.807) is 11.1 Å². The number of likely N-dealkylation sites (N-methyl/N-ethyl adjacent to an activating group) is 1. The lowest BCUT2D eigenvalue weighted by Crippen LogP contribution is -2.37. The van der Waals surface area contributed by atoms with Gasteiger partial charge in [0.25, 0.3) is 5.91 Å². The zero-order chi connectivity index (χ0) is 26.5. The fourth-order valence-electron chi connectivity index (χ4n) is 5.05. The van der Waals surface area contributed by atoms with Gasteiger partial charge in [0, 0.05) is 63.8 Å². The van der Waals surface area contributed by atoms with Crippen molar-refractivity contribution in [2.45, 2.75) is 25.8 Å². The van der Waals surface area contributed by atoms with Crippen molar-refractivity contribution >= 4 is 40.4 Å². The number of anilines is 4. The fourth-order valence-corrected chi connectivity index (χ4v) is 5.05. The molecule has 0 spiro atoms. The van der Waals surface area contributed by atoms with E-state index in [9.17, 15) is 9.59 Å². The average molecular weight is 521 g/mol. The average Bonchev–Trinajstić information content (AvgIpc) is 3.25. The normalized spacial score (nSPS) is 21.2. The molecular formula is C27H36N8O3. The zero-order valence-corrected chi connectivity index (χ0v) is 22.1. The predicted octanol–water partition coefficient (Wildman–Crippen LogP) is 2.20. The Bertz CT molecular complexity index is 1210. The fraction of sp³-hybridized carbons (Fsp3) is 0.481. The Morgan fingerprint density at radius 3 is 2.63 bits per heavy atom. The number of nitrogens with one attached hydrogen (secondary N) is 3. The molecule has 0 atom stereocenters. The Kier molecular flexibility index (Phi) is 8.04. The van der Waals surface area contributed by atoms with Crippen molar-refractivity contribution in [2.24, 2.45) is 0 Å². The highest BCUT2D eigenvalue weighted by Crippen LogP contribution is 2.35. The van der Waals surface area contributed by atoms with Gasteiger partial charge in [-0.05, 0) is 50.2 Å². The monoisotopic (exact) mass is 520 g/mol. The summed E-state index contributed by atoms with van der Waals surface area (Å²) in [5, 5.41) is 9.46. The minimum Gasteiger partial charge on any atom is -0.378 e. The summed E-state index contributed by atoms with van der Waals surface area (Å²) in [4.78, 5) is 40.5. The van der Waals surface area contributed by atoms with E-state index in [4.69, 9.17) is 4.74 Å². The smallest absolute Gasteiger partial charge is 0.259 e. The number of amides is 2. The molecule has 1 aromatic heterocycles. The van der Waals surface area contributed by atoms with Crippen LogP contribution in [-0.4, -0.2) is 91.6 Å². The molecule has 3 aliphatic heterocycles. The molecule has 3 aliphatic rings. The molecule has 2 amide bonds. The van der Waals surface area contributed by atoms with Crippen molar-refractivity contribution in [3.05, 3.63) is 41.9 Å². The third kappa shape index (κ3) is 5.89. The molecule has 3 N–H and O–H groups in total. The number of benzene rings is 1. The first-order chi connectivity index (χ1) is 18.5. The lowest BCUT2D eigenvalue weighted by Gasteiger charge is -2.32. The van der Waals surface area contributed by atoms with Crippen LogP contribution in [0.5, 0.6) is 0 Å². The van der Waals surface area contributed by atoms with Gasteiger partial charge in [-0.15, -0.1) is 0 Å². The van der Waals surface area contributed by atoms with E-state index in [2.05, 4.69) is 54.9 Å². The summed E-state index contributed by atoms with van der Waals surface area (Å²) >= 11 is 0. The molecule has 11 heteroatoms. The van der Waals surface area contributed by atoms with Crippen LogP contribution >= 0.6 is 0 Å². The number of hydrogen-bond acceptors (Lipinski definition) is 9. The maximum atomic E-state index is 12.8. The SMILES string of the molecule is CN1CCCCC(=O)N(C)CCNc2ncnc3c2/C(=C/Nc2ccc(N4CCOCC4)c(c2)C1)C(=O)N3. The number of hydrogen-bond donors (Lipinski definition) is 3. The van der Waals surface area contributed by atoms with E-state index in [1.807, 2.05) is 13.1 Å². The predicted molar refractivity (Wildman–Crippen MR) is 148 cm³/mol. The van der Waals surface area contributed by atoms with Gasteiger partial charge in [-0.1, -0.05) is 0 Å². The molecule has 4 heterocycles. The third-order valence-corrected chi connectivity index (χ3v) is 7.19. The van der Waals surface area contributed by atoms with Gasteiger partial charge in [-0.25, -0.2) is 9.97 Å². The molecule has 2 bridgehead atoms. The second-order valence-corrected chi connectivity index (χ2v) is 9.98. The maximum Gasteiger partial charge on any atom is 0.259 e. The molecule has 11 nitrogen and oxygen atoms in total. The molecular weight excluding hydrogens is 484 g/mol. The van der Waals surface area contributed by atoms with Crippen LogP contribution in [0.4, 0.5) is 23.0 Å². The minimum atomic E-state index is -0.237. The van der Waals surface area contributed by atoms with Crippen LogP contribution < -0.4 is 20.9 Å². The highest BCUT2D eigenvalue weighted by molar-refractivity contribution is 6.32. The Balaban J connectivity index is 1.47. The second kappa shape index (κ2) is 11.8. The zero-order valence-electron chi connectivity index (χ0n) is 22.1. The maximum absolute atomic E-state index is 12.8. The van der Waals surface area contributed by atoms with E-state index in [0.29, 0.717) is 42.3 Å². The summed E-state index contributed by atoms with van der Waals surface area (Å²) in [7, 11) is 3.94. The number of nitrogens with zero attached hydrogens (tertiary/aromatic N) is 5. The number of carbonyl (C=O) groups excluding carboxylic acids is 2. The van der Waals surface area contributed by atoms with Crippen molar-refractivity contribution in [1.29, 1.82) is 0 Å². The first-order valence-corrected chi connectivity index (χ1v) is 13.2. The van der Waals surface area contributed by atoms with E-state index in [-0.39, 0.29) is 11.8 Å². The molecule has 0 saturated carbocycles. The molecule has 0 radical (unpaired) electrons. The van der Waals surface area contributed by atoms with Crippen LogP contribution in [0.3, 0.4) is 0 Å². The quantitative estimate of drug-likeness (QED) is 0.521. The lowest BCUT2D eigenvalue weighted by atomic mass is 10.1. The summed E-state index contributed by atoms with van der Waals surface area (Å²) in [6, 6.07) is 6.34. The van der Waals surface area contributed by atoms with Gasteiger partial charge in [0.15, 0.2) is 0 Å². The third-order valence-electron chi connectivity index (χ3n) is 7.19. The van der Waals surface area contributed by atoms with Crippen LogP contribution in [0.25, 0.3) is 5.57 Å². The van der Waals surface area contributed by atoms with Crippen molar-refractivity contribution < 1.29 is 14.3 Å². The molecule has 1 saturated heterocycles. The highest BCUT2D eigenvalue weighted by atomic mass is 16.5. The number of morpholine rings is 1. The Hall–Kier alpha value is -3.70. The Morgan fingerprint density at radius 2 is 1.79 bits per heavy atom. The number of rotatable bonds is 1. The largest absolute Gasteiger partial charge is 0.378 e. The molecule has 0 unspecified atom stereocenters. The van der Waals surface area contributed by atoms with Crippen molar-refractivity contribution in [3.63, 3.8) is 0 Å². The molecule has 202 valence electrons. The van der Waals surface area contributed by atoms with Crippen LogP contribution in [0, 0.1) is 0 Å². The summed E-state index contributed by atoms with van der Waals surface area (Å²) in [6.45, 7) is 5.87. The number of aromatic nitrogens is 2. The van der Waals surface area contributed by atoms with Crippen LogP contribution in [-0.2, 0) is 20.9 Å². The molecule has 38 heavy (non-hydrogen) atoms. The number of ether oxygens (including phenoxy) is 1. The van der Waals surface area contributed by atoms with E-state index in [0.717, 1.165) is 57.9 Å². The van der Waals surface area contributed by atoms with Crippen LogP contribution in [0.1, 0.15) is 30.4 Å². The van der Waals surface area contributed by atoms with Crippen molar-refractivity contribution in [2.75, 3.05) is 80.9 Å². The van der Waals surface area contributed by atoms with Crippen molar-refractivity contribution in [1.82, 2.24) is 19.8 Å². The van der Waals surface area contributed by atoms with Gasteiger partial charge in [-0.2, -0.15) is 0 Å². The molecule has 1 fully saturated rings. The lowest BCUT2D eigenvalue weighted by molar-refractivity contribution is -0.129.